The molecule has 0 saturated heterocycles. The van der Waals surface area contributed by atoms with Crippen molar-refractivity contribution in [1.82, 2.24) is 0 Å². The molecule has 0 aliphatic rings. The van der Waals surface area contributed by atoms with E-state index in [4.69, 9.17) is 4.43 Å². The highest BCUT2D eigenvalue weighted by Gasteiger charge is 2.03. The van der Waals surface area contributed by atoms with Gasteiger partial charge in [0.1, 0.15) is 0 Å². The molecule has 0 aliphatic heterocycles. The average molecular weight is 101 g/mol. The Kier molecular flexibility index (Phi) is 1.81. The van der Waals surface area contributed by atoms with Crippen LogP contribution in [0.15, 0.2) is 0 Å². The molecule has 35 valence electrons. The molecule has 0 N–H and O–H groups in total. The summed E-state index contributed by atoms with van der Waals surface area (Å²) in [6, 6.07) is 0. The highest BCUT2D eigenvalue weighted by Crippen LogP contribution is 2.01. The number of hydrogen-bond donors (Lipinski definition) is 0. The predicted molar refractivity (Wildman–Crippen MR) is 26.6 cm³/mol. The lowest BCUT2D eigenvalue weighted by Gasteiger charge is -2.14. The van der Waals surface area contributed by atoms with Crippen LogP contribution >= 0.6 is 0 Å². The fourth-order valence-corrected chi connectivity index (χ4v) is 0. The molecule has 0 atom stereocenters. The molecule has 2 heteroatoms. The Labute approximate surface area is 42.2 Å². The van der Waals surface area contributed by atoms with Crippen molar-refractivity contribution in [3.8, 4) is 0 Å². The summed E-state index contributed by atoms with van der Waals surface area (Å²) in [5.74, 6) is 0. The first-order chi connectivity index (χ1) is 2.56. The monoisotopic (exact) mass is 101 g/mol. The zero-order valence-corrected chi connectivity index (χ0v) is 5.41. The maximum atomic E-state index is 4.74. The van der Waals surface area contributed by atoms with Crippen molar-refractivity contribution in [1.29, 1.82) is 0 Å². The van der Waals surface area contributed by atoms with Gasteiger partial charge in [0.15, 0.2) is 0 Å². The van der Waals surface area contributed by atoms with Crippen LogP contribution in [0.1, 0.15) is 20.8 Å². The lowest BCUT2D eigenvalue weighted by atomic mass is 10.2. The second-order valence-corrected chi connectivity index (χ2v) is 2.42. The van der Waals surface area contributed by atoms with Crippen molar-refractivity contribution in [2.45, 2.75) is 26.4 Å². The predicted octanol–water partition coefficient (Wildman–Crippen LogP) is 0.885. The van der Waals surface area contributed by atoms with E-state index < -0.39 is 0 Å². The van der Waals surface area contributed by atoms with Gasteiger partial charge in [0, 0.05) is 5.60 Å². The van der Waals surface area contributed by atoms with E-state index in [0.717, 1.165) is 0 Å². The molecule has 0 unspecified atom stereocenters. The summed E-state index contributed by atoms with van der Waals surface area (Å²) in [5, 5.41) is 0. The van der Waals surface area contributed by atoms with Crippen LogP contribution in [0.3, 0.4) is 0 Å². The Morgan fingerprint density at radius 1 is 1.33 bits per heavy atom. The van der Waals surface area contributed by atoms with Gasteiger partial charge < -0.3 is 4.43 Å². The molecule has 0 saturated carbocycles. The Balaban J connectivity index is 3.17. The van der Waals surface area contributed by atoms with Gasteiger partial charge in [-0.1, -0.05) is 0 Å². The third-order valence-electron chi connectivity index (χ3n) is 0.306. The van der Waals surface area contributed by atoms with Crippen LogP contribution in [-0.2, 0) is 4.43 Å². The summed E-state index contributed by atoms with van der Waals surface area (Å²) in [7, 11) is 2.91. The molecule has 0 bridgehead atoms. The first-order valence-corrected chi connectivity index (χ1v) is 2.32. The van der Waals surface area contributed by atoms with E-state index in [1.54, 1.807) is 0 Å². The van der Waals surface area contributed by atoms with E-state index in [-0.39, 0.29) is 5.60 Å². The quantitative estimate of drug-likeness (QED) is 0.412. The molecule has 6 heavy (non-hydrogen) atoms. The van der Waals surface area contributed by atoms with E-state index in [2.05, 4.69) is 10.5 Å². The van der Waals surface area contributed by atoms with Crippen LogP contribution in [0, 0.1) is 0 Å². The molecule has 1 nitrogen and oxygen atoms in total. The molecule has 0 rings (SSSR count). The van der Waals surface area contributed by atoms with E-state index in [1.807, 2.05) is 20.8 Å². The fraction of sp³-hybridized carbons (Fsp3) is 1.00. The Morgan fingerprint density at radius 3 is 1.50 bits per heavy atom. The molecule has 0 aromatic carbocycles. The molecule has 0 aromatic rings. The van der Waals surface area contributed by atoms with Gasteiger partial charge in [-0.3, -0.25) is 0 Å². The highest BCUT2D eigenvalue weighted by atomic mass is 28.2. The molecule has 0 heterocycles. The fourth-order valence-electron chi connectivity index (χ4n) is 0. The third kappa shape index (κ3) is 4.18. The van der Waals surface area contributed by atoms with Gasteiger partial charge in [0.2, 0.25) is 10.5 Å². The minimum atomic E-state index is -0.0448. The molecular weight excluding hydrogens is 92.1 g/mol. The summed E-state index contributed by atoms with van der Waals surface area (Å²) in [6.07, 6.45) is 0. The summed E-state index contributed by atoms with van der Waals surface area (Å²) in [4.78, 5) is 0. The van der Waals surface area contributed by atoms with E-state index in [0.29, 0.717) is 0 Å². The standard InChI is InChI=1S/C4H9OSi/c1-4(2,3)5-6/h1-3H3. The molecule has 0 aliphatic carbocycles. The second-order valence-electron chi connectivity index (χ2n) is 2.21. The van der Waals surface area contributed by atoms with Crippen molar-refractivity contribution in [3.63, 3.8) is 0 Å². The minimum absolute atomic E-state index is 0.0448. The van der Waals surface area contributed by atoms with Gasteiger partial charge in [-0.05, 0) is 20.8 Å². The molecule has 0 fully saturated rings. The second kappa shape index (κ2) is 1.75. The van der Waals surface area contributed by atoms with Gasteiger partial charge in [0.25, 0.3) is 0 Å². The van der Waals surface area contributed by atoms with Crippen LogP contribution in [-0.4, -0.2) is 16.1 Å². The first kappa shape index (κ1) is 6.18. The topological polar surface area (TPSA) is 9.23 Å². The SMILES string of the molecule is CC(C)(C)O[Si]. The number of rotatable bonds is 0. The summed E-state index contributed by atoms with van der Waals surface area (Å²) in [6.45, 7) is 5.92. The van der Waals surface area contributed by atoms with E-state index in [1.165, 1.54) is 0 Å². The zero-order chi connectivity index (χ0) is 5.21. The van der Waals surface area contributed by atoms with Gasteiger partial charge in [-0.15, -0.1) is 0 Å². The smallest absolute Gasteiger partial charge is 0.246 e. The van der Waals surface area contributed by atoms with Crippen molar-refractivity contribution in [2.75, 3.05) is 0 Å². The van der Waals surface area contributed by atoms with Crippen LogP contribution in [0.2, 0.25) is 0 Å². The van der Waals surface area contributed by atoms with Crippen LogP contribution in [0.4, 0.5) is 0 Å². The van der Waals surface area contributed by atoms with Crippen LogP contribution in [0.25, 0.3) is 0 Å². The maximum Gasteiger partial charge on any atom is 0.246 e. The lowest BCUT2D eigenvalue weighted by molar-refractivity contribution is 0.147. The van der Waals surface area contributed by atoms with Crippen molar-refractivity contribution >= 4 is 10.5 Å². The number of hydrogen-bond acceptors (Lipinski definition) is 1. The van der Waals surface area contributed by atoms with Gasteiger partial charge in [0.05, 0.1) is 0 Å². The first-order valence-electron chi connectivity index (χ1n) is 1.91. The molecule has 0 amide bonds. The van der Waals surface area contributed by atoms with Crippen molar-refractivity contribution < 1.29 is 4.43 Å². The Hall–Kier alpha value is 0.177. The van der Waals surface area contributed by atoms with E-state index >= 15 is 0 Å². The lowest BCUT2D eigenvalue weighted by Crippen LogP contribution is -2.16. The largest absolute Gasteiger partial charge is 0.414 e. The minimum Gasteiger partial charge on any atom is -0.414 e. The Morgan fingerprint density at radius 2 is 1.50 bits per heavy atom. The van der Waals surface area contributed by atoms with Crippen molar-refractivity contribution in [2.24, 2.45) is 0 Å². The molecule has 0 aromatic heterocycles. The average Bonchev–Trinajstić information content (AvgIpc) is 1.35. The van der Waals surface area contributed by atoms with Crippen LogP contribution in [0.5, 0.6) is 0 Å². The summed E-state index contributed by atoms with van der Waals surface area (Å²) < 4.78 is 4.74. The van der Waals surface area contributed by atoms with Gasteiger partial charge >= 0.3 is 0 Å². The van der Waals surface area contributed by atoms with E-state index in [9.17, 15) is 0 Å². The molecule has 3 radical (unpaired) electrons. The van der Waals surface area contributed by atoms with Gasteiger partial charge in [-0.2, -0.15) is 0 Å². The third-order valence-corrected chi connectivity index (χ3v) is 0.919. The normalized spacial score (nSPS) is 12.0. The zero-order valence-electron chi connectivity index (χ0n) is 4.41. The highest BCUT2D eigenvalue weighted by molar-refractivity contribution is 5.98. The Bertz CT molecular complexity index is 37.3. The molecule has 0 spiro atoms. The van der Waals surface area contributed by atoms with Crippen LogP contribution < -0.4 is 0 Å². The van der Waals surface area contributed by atoms with Crippen molar-refractivity contribution in [3.05, 3.63) is 0 Å². The maximum absolute atomic E-state index is 4.74. The molecular formula is C4H9OSi. The summed E-state index contributed by atoms with van der Waals surface area (Å²) >= 11 is 0. The van der Waals surface area contributed by atoms with Gasteiger partial charge in [-0.25, -0.2) is 0 Å². The summed E-state index contributed by atoms with van der Waals surface area (Å²) in [5.41, 5.74) is -0.0448.